The fraction of sp³-hybridized carbons (Fsp3) is 0.818. The molecule has 0 aromatic carbocycles. The molecule has 2 rings (SSSR count). The summed E-state index contributed by atoms with van der Waals surface area (Å²) in [6, 6.07) is 0. The Balaban J connectivity index is 2.06. The van der Waals surface area contributed by atoms with Crippen LogP contribution in [-0.4, -0.2) is 39.4 Å². The Labute approximate surface area is 111 Å². The van der Waals surface area contributed by atoms with Crippen LogP contribution >= 0.6 is 22.9 Å². The van der Waals surface area contributed by atoms with Crippen LogP contribution in [-0.2, 0) is 11.3 Å². The number of nitrogens with zero attached hydrogens (tertiary/aromatic N) is 3. The van der Waals surface area contributed by atoms with Gasteiger partial charge in [-0.25, -0.2) is 0 Å². The van der Waals surface area contributed by atoms with Gasteiger partial charge in [-0.3, -0.25) is 4.90 Å². The molecule has 1 aliphatic rings. The van der Waals surface area contributed by atoms with Gasteiger partial charge < -0.3 is 4.74 Å². The standard InChI is InChI=1S/C11H18ClN3OS/c1-10(2)6-15(7-11(3,4)16-10)5-8-13-14-9(12)17-8/h5-7H2,1-4H3. The van der Waals surface area contributed by atoms with Crippen molar-refractivity contribution in [3.05, 3.63) is 9.47 Å². The maximum absolute atomic E-state index is 6.03. The van der Waals surface area contributed by atoms with Crippen LogP contribution in [0.25, 0.3) is 0 Å². The van der Waals surface area contributed by atoms with Crippen molar-refractivity contribution in [2.24, 2.45) is 0 Å². The summed E-state index contributed by atoms with van der Waals surface area (Å²) in [4.78, 5) is 2.35. The Bertz CT molecular complexity index is 389. The summed E-state index contributed by atoms with van der Waals surface area (Å²) in [5.41, 5.74) is -0.257. The SMILES string of the molecule is CC1(C)CN(Cc2nnc(Cl)s2)CC(C)(C)O1. The average molecular weight is 276 g/mol. The van der Waals surface area contributed by atoms with Gasteiger partial charge in [0.1, 0.15) is 5.01 Å². The van der Waals surface area contributed by atoms with E-state index in [0.29, 0.717) is 4.47 Å². The molecule has 0 spiro atoms. The van der Waals surface area contributed by atoms with Crippen molar-refractivity contribution < 1.29 is 4.74 Å². The van der Waals surface area contributed by atoms with Gasteiger partial charge in [0, 0.05) is 13.1 Å². The molecule has 2 heterocycles. The molecule has 4 nitrogen and oxygen atoms in total. The molecular weight excluding hydrogens is 258 g/mol. The lowest BCUT2D eigenvalue weighted by atomic mass is 9.99. The average Bonchev–Trinajstić information content (AvgIpc) is 2.44. The van der Waals surface area contributed by atoms with Gasteiger partial charge in [0.2, 0.25) is 4.47 Å². The third-order valence-corrected chi connectivity index (χ3v) is 3.57. The summed E-state index contributed by atoms with van der Waals surface area (Å²) in [5, 5.41) is 8.85. The Morgan fingerprint density at radius 1 is 1.24 bits per heavy atom. The van der Waals surface area contributed by atoms with Crippen LogP contribution < -0.4 is 0 Å². The van der Waals surface area contributed by atoms with Crippen LogP contribution in [0.15, 0.2) is 0 Å². The molecule has 0 saturated carbocycles. The van der Waals surface area contributed by atoms with E-state index >= 15 is 0 Å². The number of rotatable bonds is 2. The van der Waals surface area contributed by atoms with Crippen molar-refractivity contribution in [1.82, 2.24) is 15.1 Å². The van der Waals surface area contributed by atoms with E-state index in [-0.39, 0.29) is 11.2 Å². The van der Waals surface area contributed by atoms with Crippen molar-refractivity contribution in [2.45, 2.75) is 45.4 Å². The fourth-order valence-electron chi connectivity index (χ4n) is 2.55. The van der Waals surface area contributed by atoms with Crippen molar-refractivity contribution in [3.63, 3.8) is 0 Å². The lowest BCUT2D eigenvalue weighted by Gasteiger charge is -2.46. The minimum absolute atomic E-state index is 0.129. The monoisotopic (exact) mass is 275 g/mol. The molecule has 0 radical (unpaired) electrons. The van der Waals surface area contributed by atoms with Gasteiger partial charge >= 0.3 is 0 Å². The van der Waals surface area contributed by atoms with E-state index in [9.17, 15) is 0 Å². The minimum Gasteiger partial charge on any atom is -0.367 e. The van der Waals surface area contributed by atoms with E-state index in [2.05, 4.69) is 42.8 Å². The number of morpholine rings is 1. The zero-order valence-electron chi connectivity index (χ0n) is 10.7. The Morgan fingerprint density at radius 3 is 2.29 bits per heavy atom. The predicted octanol–water partition coefficient (Wildman–Crippen LogP) is 2.58. The van der Waals surface area contributed by atoms with E-state index in [4.69, 9.17) is 16.3 Å². The minimum atomic E-state index is -0.129. The molecule has 1 fully saturated rings. The molecule has 1 saturated heterocycles. The first kappa shape index (κ1) is 13.2. The highest BCUT2D eigenvalue weighted by Gasteiger charge is 2.38. The first-order valence-corrected chi connectivity index (χ1v) is 6.86. The summed E-state index contributed by atoms with van der Waals surface area (Å²) in [6.45, 7) is 11.1. The zero-order chi connectivity index (χ0) is 12.7. The van der Waals surface area contributed by atoms with E-state index in [0.717, 1.165) is 24.6 Å². The maximum Gasteiger partial charge on any atom is 0.207 e. The second-order valence-electron chi connectivity index (χ2n) is 5.72. The molecule has 0 bridgehead atoms. The van der Waals surface area contributed by atoms with Gasteiger partial charge in [0.25, 0.3) is 0 Å². The van der Waals surface area contributed by atoms with E-state index in [1.807, 2.05) is 0 Å². The summed E-state index contributed by atoms with van der Waals surface area (Å²) in [6.07, 6.45) is 0. The zero-order valence-corrected chi connectivity index (χ0v) is 12.2. The Kier molecular flexibility index (Phi) is 3.47. The molecule has 17 heavy (non-hydrogen) atoms. The summed E-state index contributed by atoms with van der Waals surface area (Å²) in [7, 11) is 0. The number of hydrogen-bond donors (Lipinski definition) is 0. The van der Waals surface area contributed by atoms with Gasteiger partial charge in [0.05, 0.1) is 17.7 Å². The second-order valence-corrected chi connectivity index (χ2v) is 7.36. The highest BCUT2D eigenvalue weighted by Crippen LogP contribution is 2.29. The molecule has 0 atom stereocenters. The number of hydrogen-bond acceptors (Lipinski definition) is 5. The molecule has 0 N–H and O–H groups in total. The summed E-state index contributed by atoms with van der Waals surface area (Å²) in [5.74, 6) is 0. The third-order valence-electron chi connectivity index (χ3n) is 2.56. The molecule has 0 unspecified atom stereocenters. The third kappa shape index (κ3) is 3.61. The molecule has 1 aliphatic heterocycles. The van der Waals surface area contributed by atoms with Gasteiger partial charge in [-0.2, -0.15) is 0 Å². The maximum atomic E-state index is 6.03. The largest absolute Gasteiger partial charge is 0.367 e. The molecular formula is C11H18ClN3OS. The number of ether oxygens (including phenoxy) is 1. The lowest BCUT2D eigenvalue weighted by Crippen LogP contribution is -2.56. The second kappa shape index (κ2) is 4.46. The normalized spacial score (nSPS) is 23.8. The number of aromatic nitrogens is 2. The van der Waals surface area contributed by atoms with Crippen molar-refractivity contribution in [3.8, 4) is 0 Å². The quantitative estimate of drug-likeness (QED) is 0.832. The van der Waals surface area contributed by atoms with Gasteiger partial charge in [-0.05, 0) is 39.3 Å². The summed E-state index contributed by atoms with van der Waals surface area (Å²) >= 11 is 7.23. The lowest BCUT2D eigenvalue weighted by molar-refractivity contribution is -0.182. The Hall–Kier alpha value is -0.230. The summed E-state index contributed by atoms with van der Waals surface area (Å²) < 4.78 is 6.54. The molecule has 1 aromatic heterocycles. The molecule has 6 heteroatoms. The first-order chi connectivity index (χ1) is 7.76. The fourth-order valence-corrected chi connectivity index (χ4v) is 3.46. The van der Waals surface area contributed by atoms with E-state index in [1.54, 1.807) is 0 Å². The van der Waals surface area contributed by atoms with Crippen LogP contribution in [0, 0.1) is 0 Å². The predicted molar refractivity (Wildman–Crippen MR) is 69.4 cm³/mol. The van der Waals surface area contributed by atoms with E-state index < -0.39 is 0 Å². The van der Waals surface area contributed by atoms with Gasteiger partial charge in [-0.15, -0.1) is 10.2 Å². The number of halogens is 1. The molecule has 0 aliphatic carbocycles. The van der Waals surface area contributed by atoms with Crippen molar-refractivity contribution in [2.75, 3.05) is 13.1 Å². The molecule has 0 amide bonds. The van der Waals surface area contributed by atoms with Crippen LogP contribution in [0.3, 0.4) is 0 Å². The highest BCUT2D eigenvalue weighted by atomic mass is 35.5. The highest BCUT2D eigenvalue weighted by molar-refractivity contribution is 7.15. The first-order valence-electron chi connectivity index (χ1n) is 5.66. The van der Waals surface area contributed by atoms with Crippen LogP contribution in [0.1, 0.15) is 32.7 Å². The molecule has 1 aromatic rings. The van der Waals surface area contributed by atoms with Crippen LogP contribution in [0.5, 0.6) is 0 Å². The smallest absolute Gasteiger partial charge is 0.207 e. The van der Waals surface area contributed by atoms with Crippen molar-refractivity contribution in [1.29, 1.82) is 0 Å². The topological polar surface area (TPSA) is 38.2 Å². The van der Waals surface area contributed by atoms with Crippen LogP contribution in [0.2, 0.25) is 4.47 Å². The van der Waals surface area contributed by atoms with Crippen molar-refractivity contribution >= 4 is 22.9 Å². The van der Waals surface area contributed by atoms with E-state index in [1.165, 1.54) is 11.3 Å². The van der Waals surface area contributed by atoms with Gasteiger partial charge in [0.15, 0.2) is 0 Å². The van der Waals surface area contributed by atoms with Crippen LogP contribution in [0.4, 0.5) is 0 Å². The van der Waals surface area contributed by atoms with Gasteiger partial charge in [-0.1, -0.05) is 11.3 Å². The Morgan fingerprint density at radius 2 is 1.82 bits per heavy atom. The molecule has 96 valence electrons.